The molecule has 0 saturated heterocycles. The Hall–Kier alpha value is -1.45. The molecule has 4 N–H and O–H groups in total. The summed E-state index contributed by atoms with van der Waals surface area (Å²) < 4.78 is 0. The van der Waals surface area contributed by atoms with Gasteiger partial charge in [-0.1, -0.05) is 11.2 Å². The summed E-state index contributed by atoms with van der Waals surface area (Å²) in [6.07, 6.45) is 5.35. The minimum Gasteiger partial charge on any atom is -0.409 e. The van der Waals surface area contributed by atoms with Crippen LogP contribution in [0.2, 0.25) is 0 Å². The molecule has 4 heteroatoms. The number of oxime groups is 1. The third-order valence-corrected chi connectivity index (χ3v) is 1.22. The first-order chi connectivity index (χ1) is 4.84. The number of dihydropyridines is 1. The van der Waals surface area contributed by atoms with Crippen molar-refractivity contribution in [2.24, 2.45) is 10.9 Å². The van der Waals surface area contributed by atoms with Crippen molar-refractivity contribution in [3.63, 3.8) is 0 Å². The van der Waals surface area contributed by atoms with Crippen LogP contribution in [0.5, 0.6) is 0 Å². The minimum absolute atomic E-state index is 0.151. The highest BCUT2D eigenvalue weighted by molar-refractivity contribution is 5.99. The zero-order valence-electron chi connectivity index (χ0n) is 5.41. The Kier molecular flexibility index (Phi) is 1.94. The van der Waals surface area contributed by atoms with Gasteiger partial charge in [0.25, 0.3) is 0 Å². The number of nitrogens with one attached hydrogen (secondary N) is 1. The number of hydrogen-bond donors (Lipinski definition) is 3. The third-order valence-electron chi connectivity index (χ3n) is 1.22. The molecule has 1 aliphatic heterocycles. The average molecular weight is 139 g/mol. The Balaban J connectivity index is 2.72. The number of amidine groups is 1. The van der Waals surface area contributed by atoms with E-state index in [2.05, 4.69) is 10.5 Å². The zero-order valence-corrected chi connectivity index (χ0v) is 5.41. The normalized spacial score (nSPS) is 18.0. The maximum absolute atomic E-state index is 8.25. The van der Waals surface area contributed by atoms with Gasteiger partial charge in [-0.2, -0.15) is 0 Å². The molecule has 0 bridgehead atoms. The summed E-state index contributed by atoms with van der Waals surface area (Å²) in [4.78, 5) is 0. The number of hydrogen-bond acceptors (Lipinski definition) is 3. The largest absolute Gasteiger partial charge is 0.409 e. The lowest BCUT2D eigenvalue weighted by Crippen LogP contribution is -2.18. The number of rotatable bonds is 1. The van der Waals surface area contributed by atoms with E-state index in [9.17, 15) is 0 Å². The second-order valence-electron chi connectivity index (χ2n) is 1.89. The Morgan fingerprint density at radius 1 is 1.80 bits per heavy atom. The van der Waals surface area contributed by atoms with E-state index in [1.165, 1.54) is 0 Å². The number of nitrogens with zero attached hydrogens (tertiary/aromatic N) is 1. The van der Waals surface area contributed by atoms with Gasteiger partial charge in [-0.05, 0) is 12.3 Å². The highest BCUT2D eigenvalue weighted by atomic mass is 16.4. The second kappa shape index (κ2) is 2.91. The zero-order chi connectivity index (χ0) is 7.40. The molecule has 0 aliphatic carbocycles. The molecule has 1 aliphatic rings. The van der Waals surface area contributed by atoms with Gasteiger partial charge in [0.1, 0.15) is 0 Å². The smallest absolute Gasteiger partial charge is 0.169 e. The van der Waals surface area contributed by atoms with Gasteiger partial charge in [0.05, 0.1) is 0 Å². The minimum atomic E-state index is 0.151. The standard InChI is InChI=1S/C6H9N3O/c7-6(9-10)5-1-3-8-4-2-5/h1-3,8,10H,4H2,(H2,7,9). The van der Waals surface area contributed by atoms with E-state index >= 15 is 0 Å². The fourth-order valence-corrected chi connectivity index (χ4v) is 0.701. The predicted molar refractivity (Wildman–Crippen MR) is 38.6 cm³/mol. The Labute approximate surface area is 58.7 Å². The van der Waals surface area contributed by atoms with Crippen LogP contribution in [0.1, 0.15) is 0 Å². The van der Waals surface area contributed by atoms with Crippen LogP contribution in [0.4, 0.5) is 0 Å². The molecular weight excluding hydrogens is 130 g/mol. The lowest BCUT2D eigenvalue weighted by Gasteiger charge is -2.05. The fraction of sp³-hybridized carbons (Fsp3) is 0.167. The van der Waals surface area contributed by atoms with Crippen molar-refractivity contribution in [3.8, 4) is 0 Å². The van der Waals surface area contributed by atoms with Gasteiger partial charge in [0, 0.05) is 12.1 Å². The molecule has 0 radical (unpaired) electrons. The maximum Gasteiger partial charge on any atom is 0.169 e. The third kappa shape index (κ3) is 1.28. The van der Waals surface area contributed by atoms with Crippen molar-refractivity contribution in [2.75, 3.05) is 6.54 Å². The van der Waals surface area contributed by atoms with E-state index < -0.39 is 0 Å². The quantitative estimate of drug-likeness (QED) is 0.203. The summed E-state index contributed by atoms with van der Waals surface area (Å²) in [5.74, 6) is 0.151. The predicted octanol–water partition coefficient (Wildman–Crippen LogP) is -0.224. The lowest BCUT2D eigenvalue weighted by atomic mass is 10.2. The van der Waals surface area contributed by atoms with E-state index in [-0.39, 0.29) is 5.84 Å². The first kappa shape index (κ1) is 6.67. The molecule has 0 aromatic heterocycles. The monoisotopic (exact) mass is 139 g/mol. The molecule has 1 rings (SSSR count). The summed E-state index contributed by atoms with van der Waals surface area (Å²) in [6.45, 7) is 0.724. The Morgan fingerprint density at radius 3 is 3.10 bits per heavy atom. The molecule has 4 nitrogen and oxygen atoms in total. The van der Waals surface area contributed by atoms with Crippen LogP contribution in [0.15, 0.2) is 29.1 Å². The van der Waals surface area contributed by atoms with Gasteiger partial charge in [0.2, 0.25) is 0 Å². The molecular formula is C6H9N3O. The molecule has 0 fully saturated rings. The molecule has 10 heavy (non-hydrogen) atoms. The Morgan fingerprint density at radius 2 is 2.60 bits per heavy atom. The van der Waals surface area contributed by atoms with Gasteiger partial charge in [0.15, 0.2) is 5.84 Å². The summed E-state index contributed by atoms with van der Waals surface area (Å²) in [5.41, 5.74) is 6.05. The summed E-state index contributed by atoms with van der Waals surface area (Å²) in [5, 5.41) is 14.1. The molecule has 0 aromatic carbocycles. The van der Waals surface area contributed by atoms with Crippen molar-refractivity contribution in [1.82, 2.24) is 5.32 Å². The topological polar surface area (TPSA) is 70.6 Å². The maximum atomic E-state index is 8.25. The van der Waals surface area contributed by atoms with E-state index in [1.54, 1.807) is 12.3 Å². The SMILES string of the molecule is N/C(=N/O)C1=CCNC=C1. The van der Waals surface area contributed by atoms with Crippen LogP contribution in [0.3, 0.4) is 0 Å². The molecule has 0 aromatic rings. The van der Waals surface area contributed by atoms with Crippen molar-refractivity contribution in [1.29, 1.82) is 0 Å². The van der Waals surface area contributed by atoms with Crippen molar-refractivity contribution in [2.45, 2.75) is 0 Å². The summed E-state index contributed by atoms with van der Waals surface area (Å²) in [7, 11) is 0. The van der Waals surface area contributed by atoms with Crippen LogP contribution in [-0.2, 0) is 0 Å². The van der Waals surface area contributed by atoms with E-state index in [1.807, 2.05) is 6.08 Å². The van der Waals surface area contributed by atoms with Crippen molar-refractivity contribution >= 4 is 5.84 Å². The second-order valence-corrected chi connectivity index (χ2v) is 1.89. The molecule has 0 saturated carbocycles. The first-order valence-corrected chi connectivity index (χ1v) is 2.92. The van der Waals surface area contributed by atoms with Gasteiger partial charge in [-0.3, -0.25) is 0 Å². The van der Waals surface area contributed by atoms with E-state index in [0.29, 0.717) is 0 Å². The van der Waals surface area contributed by atoms with Crippen molar-refractivity contribution in [3.05, 3.63) is 23.9 Å². The van der Waals surface area contributed by atoms with E-state index in [0.717, 1.165) is 12.1 Å². The number of nitrogens with two attached hydrogens (primary N) is 1. The summed E-state index contributed by atoms with van der Waals surface area (Å²) in [6, 6.07) is 0. The van der Waals surface area contributed by atoms with Gasteiger partial charge < -0.3 is 16.3 Å². The average Bonchev–Trinajstić information content (AvgIpc) is 2.05. The lowest BCUT2D eigenvalue weighted by molar-refractivity contribution is 0.318. The Bertz CT molecular complexity index is 205. The van der Waals surface area contributed by atoms with Crippen LogP contribution in [-0.4, -0.2) is 17.6 Å². The summed E-state index contributed by atoms with van der Waals surface area (Å²) >= 11 is 0. The van der Waals surface area contributed by atoms with E-state index in [4.69, 9.17) is 10.9 Å². The fourth-order valence-electron chi connectivity index (χ4n) is 0.701. The van der Waals surface area contributed by atoms with Crippen LogP contribution in [0.25, 0.3) is 0 Å². The highest BCUT2D eigenvalue weighted by Crippen LogP contribution is 1.98. The molecule has 1 heterocycles. The van der Waals surface area contributed by atoms with Crippen molar-refractivity contribution < 1.29 is 5.21 Å². The molecule has 0 spiro atoms. The highest BCUT2D eigenvalue weighted by Gasteiger charge is 2.00. The molecule has 0 atom stereocenters. The first-order valence-electron chi connectivity index (χ1n) is 2.92. The molecule has 0 unspecified atom stereocenters. The van der Waals surface area contributed by atoms with Gasteiger partial charge >= 0.3 is 0 Å². The van der Waals surface area contributed by atoms with Crippen LogP contribution >= 0.6 is 0 Å². The molecule has 54 valence electrons. The van der Waals surface area contributed by atoms with Crippen LogP contribution < -0.4 is 11.1 Å². The van der Waals surface area contributed by atoms with Gasteiger partial charge in [-0.15, -0.1) is 0 Å². The van der Waals surface area contributed by atoms with Gasteiger partial charge in [-0.25, -0.2) is 0 Å². The molecule has 0 amide bonds. The van der Waals surface area contributed by atoms with Crippen LogP contribution in [0, 0.1) is 0 Å².